The summed E-state index contributed by atoms with van der Waals surface area (Å²) in [5.74, 6) is 0.195. The zero-order chi connectivity index (χ0) is 14.5. The highest BCUT2D eigenvalue weighted by Crippen LogP contribution is 2.19. The Hall–Kier alpha value is -2.39. The number of pyridine rings is 1. The van der Waals surface area contributed by atoms with Gasteiger partial charge >= 0.3 is 0 Å². The average Bonchev–Trinajstić information content (AvgIpc) is 2.47. The summed E-state index contributed by atoms with van der Waals surface area (Å²) in [4.78, 5) is 16.4. The summed E-state index contributed by atoms with van der Waals surface area (Å²) in [6.07, 6.45) is 1.61. The minimum atomic E-state index is -0.293. The molecule has 1 aromatic carbocycles. The van der Waals surface area contributed by atoms with Crippen molar-refractivity contribution in [3.05, 3.63) is 52.1 Å². The van der Waals surface area contributed by atoms with Crippen LogP contribution < -0.4 is 10.6 Å². The Kier molecular flexibility index (Phi) is 4.33. The van der Waals surface area contributed by atoms with Gasteiger partial charge in [0.2, 0.25) is 0 Å². The number of carbonyl (C=O) groups excluding carboxylic acids is 1. The van der Waals surface area contributed by atoms with Crippen LogP contribution in [0.2, 0.25) is 0 Å². The maximum atomic E-state index is 12.3. The smallest absolute Gasteiger partial charge is 0.259 e. The molecule has 2 aromatic rings. The lowest BCUT2D eigenvalue weighted by atomic mass is 10.2. The van der Waals surface area contributed by atoms with Crippen LogP contribution >= 0.6 is 15.9 Å². The third kappa shape index (κ3) is 3.13. The second-order valence-electron chi connectivity index (χ2n) is 3.95. The van der Waals surface area contributed by atoms with Crippen LogP contribution in [0.1, 0.15) is 15.9 Å². The van der Waals surface area contributed by atoms with Gasteiger partial charge in [0.1, 0.15) is 5.82 Å². The van der Waals surface area contributed by atoms with Crippen molar-refractivity contribution in [2.24, 2.45) is 0 Å². The molecule has 0 unspecified atom stereocenters. The molecule has 0 atom stereocenters. The Bertz CT molecular complexity index is 694. The maximum Gasteiger partial charge on any atom is 0.259 e. The van der Waals surface area contributed by atoms with E-state index in [-0.39, 0.29) is 5.91 Å². The van der Waals surface area contributed by atoms with E-state index in [1.807, 2.05) is 6.07 Å². The number of aromatic nitrogens is 1. The Morgan fingerprint density at radius 2 is 2.20 bits per heavy atom. The Labute approximate surface area is 124 Å². The van der Waals surface area contributed by atoms with Gasteiger partial charge in [0.05, 0.1) is 17.2 Å². The molecule has 0 aliphatic carbocycles. The molecule has 20 heavy (non-hydrogen) atoms. The second-order valence-corrected chi connectivity index (χ2v) is 4.86. The fourth-order valence-corrected chi connectivity index (χ4v) is 2.01. The topological polar surface area (TPSA) is 77.8 Å². The highest BCUT2D eigenvalue weighted by atomic mass is 79.9. The van der Waals surface area contributed by atoms with E-state index >= 15 is 0 Å². The van der Waals surface area contributed by atoms with Crippen LogP contribution in [0.15, 0.2) is 41.0 Å². The van der Waals surface area contributed by atoms with Crippen LogP contribution in [0.4, 0.5) is 11.5 Å². The molecule has 2 rings (SSSR count). The number of nitriles is 1. The quantitative estimate of drug-likeness (QED) is 0.906. The van der Waals surface area contributed by atoms with Crippen molar-refractivity contribution < 1.29 is 4.79 Å². The third-order valence-electron chi connectivity index (χ3n) is 2.59. The minimum absolute atomic E-state index is 0.293. The first-order chi connectivity index (χ1) is 9.63. The summed E-state index contributed by atoms with van der Waals surface area (Å²) < 4.78 is 0.715. The number of halogens is 1. The first-order valence-corrected chi connectivity index (χ1v) is 6.58. The molecule has 0 saturated heterocycles. The summed E-state index contributed by atoms with van der Waals surface area (Å²) in [6, 6.07) is 10.4. The lowest BCUT2D eigenvalue weighted by Gasteiger charge is -2.09. The number of nitrogens with zero attached hydrogens (tertiary/aromatic N) is 2. The molecular formula is C14H11BrN4O. The summed E-state index contributed by atoms with van der Waals surface area (Å²) >= 11 is 3.29. The van der Waals surface area contributed by atoms with Gasteiger partial charge in [-0.25, -0.2) is 4.98 Å². The molecule has 1 amide bonds. The predicted molar refractivity (Wildman–Crippen MR) is 80.6 cm³/mol. The third-order valence-corrected chi connectivity index (χ3v) is 3.02. The Balaban J connectivity index is 2.28. The second kappa shape index (κ2) is 6.17. The van der Waals surface area contributed by atoms with Crippen LogP contribution in [0.5, 0.6) is 0 Å². The largest absolute Gasteiger partial charge is 0.372 e. The van der Waals surface area contributed by atoms with Gasteiger partial charge in [0.25, 0.3) is 5.91 Å². The zero-order valence-electron chi connectivity index (χ0n) is 10.6. The van der Waals surface area contributed by atoms with Crippen molar-refractivity contribution in [2.45, 2.75) is 0 Å². The van der Waals surface area contributed by atoms with Gasteiger partial charge in [-0.1, -0.05) is 6.07 Å². The summed E-state index contributed by atoms with van der Waals surface area (Å²) in [7, 11) is 1.70. The Morgan fingerprint density at radius 3 is 2.90 bits per heavy atom. The zero-order valence-corrected chi connectivity index (χ0v) is 12.2. The molecule has 2 N–H and O–H groups in total. The summed E-state index contributed by atoms with van der Waals surface area (Å²) in [5, 5.41) is 14.5. The maximum absolute atomic E-state index is 12.3. The fourth-order valence-electron chi connectivity index (χ4n) is 1.68. The lowest BCUT2D eigenvalue weighted by Crippen LogP contribution is -2.15. The normalized spacial score (nSPS) is 9.65. The van der Waals surface area contributed by atoms with Gasteiger partial charge in [0.15, 0.2) is 0 Å². The van der Waals surface area contributed by atoms with Gasteiger partial charge < -0.3 is 10.6 Å². The van der Waals surface area contributed by atoms with Crippen LogP contribution in [0.25, 0.3) is 0 Å². The first-order valence-electron chi connectivity index (χ1n) is 5.79. The summed E-state index contributed by atoms with van der Waals surface area (Å²) in [6.45, 7) is 0. The van der Waals surface area contributed by atoms with Gasteiger partial charge in [-0.3, -0.25) is 4.79 Å². The molecule has 6 heteroatoms. The molecule has 0 spiro atoms. The van der Waals surface area contributed by atoms with Gasteiger partial charge in [-0.05, 0) is 40.2 Å². The number of anilines is 2. The van der Waals surface area contributed by atoms with E-state index in [1.54, 1.807) is 43.6 Å². The molecule has 0 aliphatic heterocycles. The van der Waals surface area contributed by atoms with E-state index in [0.29, 0.717) is 27.1 Å². The molecular weight excluding hydrogens is 320 g/mol. The standard InChI is InChI=1S/C14H11BrN4O/c1-17-13-12(6-10(15)8-18-13)14(20)19-11-4-2-3-9(5-11)7-16/h2-6,8H,1H3,(H,17,18)(H,19,20). The number of rotatable bonds is 3. The van der Waals surface area contributed by atoms with E-state index in [1.165, 1.54) is 0 Å². The molecule has 0 fully saturated rings. The van der Waals surface area contributed by atoms with Gasteiger partial charge in [-0.15, -0.1) is 0 Å². The highest BCUT2D eigenvalue weighted by Gasteiger charge is 2.13. The summed E-state index contributed by atoms with van der Waals surface area (Å²) in [5.41, 5.74) is 1.48. The number of hydrogen-bond donors (Lipinski definition) is 2. The van der Waals surface area contributed by atoms with E-state index in [9.17, 15) is 4.79 Å². The minimum Gasteiger partial charge on any atom is -0.372 e. The first kappa shape index (κ1) is 14.0. The molecule has 0 radical (unpaired) electrons. The molecule has 100 valence electrons. The highest BCUT2D eigenvalue weighted by molar-refractivity contribution is 9.10. The number of hydrogen-bond acceptors (Lipinski definition) is 4. The van der Waals surface area contributed by atoms with Crippen molar-refractivity contribution in [1.29, 1.82) is 5.26 Å². The van der Waals surface area contributed by atoms with Crippen LogP contribution in [-0.4, -0.2) is 17.9 Å². The van der Waals surface area contributed by atoms with E-state index in [2.05, 4.69) is 31.5 Å². The van der Waals surface area contributed by atoms with E-state index in [4.69, 9.17) is 5.26 Å². The molecule has 0 aliphatic rings. The SMILES string of the molecule is CNc1ncc(Br)cc1C(=O)Nc1cccc(C#N)c1. The van der Waals surface area contributed by atoms with Gasteiger partial charge in [0, 0.05) is 23.4 Å². The predicted octanol–water partition coefficient (Wildman–Crippen LogP) is 3.01. The van der Waals surface area contributed by atoms with E-state index in [0.717, 1.165) is 0 Å². The van der Waals surface area contributed by atoms with Crippen LogP contribution in [0.3, 0.4) is 0 Å². The number of carbonyl (C=O) groups is 1. The van der Waals surface area contributed by atoms with Crippen LogP contribution in [0, 0.1) is 11.3 Å². The molecule has 0 saturated carbocycles. The Morgan fingerprint density at radius 1 is 1.40 bits per heavy atom. The van der Waals surface area contributed by atoms with Crippen molar-refractivity contribution >= 4 is 33.3 Å². The van der Waals surface area contributed by atoms with Crippen molar-refractivity contribution in [3.8, 4) is 6.07 Å². The number of nitrogens with one attached hydrogen (secondary N) is 2. The average molecular weight is 331 g/mol. The molecule has 1 heterocycles. The van der Waals surface area contributed by atoms with Crippen molar-refractivity contribution in [2.75, 3.05) is 17.7 Å². The molecule has 0 bridgehead atoms. The fraction of sp³-hybridized carbons (Fsp3) is 0.0714. The number of benzene rings is 1. The van der Waals surface area contributed by atoms with Gasteiger partial charge in [-0.2, -0.15) is 5.26 Å². The number of amides is 1. The molecule has 1 aromatic heterocycles. The monoisotopic (exact) mass is 330 g/mol. The van der Waals surface area contributed by atoms with Crippen molar-refractivity contribution in [1.82, 2.24) is 4.98 Å². The molecule has 5 nitrogen and oxygen atoms in total. The van der Waals surface area contributed by atoms with E-state index < -0.39 is 0 Å². The lowest BCUT2D eigenvalue weighted by molar-refractivity contribution is 0.102. The van der Waals surface area contributed by atoms with Crippen LogP contribution in [-0.2, 0) is 0 Å². The van der Waals surface area contributed by atoms with Crippen molar-refractivity contribution in [3.63, 3.8) is 0 Å².